The van der Waals surface area contributed by atoms with Crippen molar-refractivity contribution in [3.63, 3.8) is 0 Å². The van der Waals surface area contributed by atoms with Crippen LogP contribution >= 0.6 is 0 Å². The maximum Gasteiger partial charge on any atom is 0.251 e. The van der Waals surface area contributed by atoms with Gasteiger partial charge < -0.3 is 15.0 Å². The van der Waals surface area contributed by atoms with E-state index in [0.717, 1.165) is 69.0 Å². The summed E-state index contributed by atoms with van der Waals surface area (Å²) in [5, 5.41) is 8.03. The molecule has 3 aromatic rings. The first-order valence-electron chi connectivity index (χ1n) is 11.5. The van der Waals surface area contributed by atoms with Gasteiger partial charge in [0.05, 0.1) is 18.0 Å². The third-order valence-corrected chi connectivity index (χ3v) is 6.81. The van der Waals surface area contributed by atoms with E-state index in [1.165, 1.54) is 5.56 Å². The fourth-order valence-corrected chi connectivity index (χ4v) is 4.82. The average Bonchev–Trinajstić information content (AvgIpc) is 3.54. The Morgan fingerprint density at radius 3 is 2.72 bits per heavy atom. The lowest BCUT2D eigenvalue weighted by Gasteiger charge is -2.43. The number of pyridine rings is 1. The summed E-state index contributed by atoms with van der Waals surface area (Å²) in [6.45, 7) is 2.36. The average molecular weight is 430 g/mol. The molecule has 1 saturated heterocycles. The fourth-order valence-electron chi connectivity index (χ4n) is 4.82. The number of amides is 1. The molecule has 1 saturated carbocycles. The number of fused-ring (bicyclic) bond motifs is 2. The predicted molar refractivity (Wildman–Crippen MR) is 121 cm³/mol. The van der Waals surface area contributed by atoms with E-state index in [1.807, 2.05) is 28.9 Å². The molecule has 2 fully saturated rings. The molecule has 2 aromatic heterocycles. The Kier molecular flexibility index (Phi) is 4.72. The Bertz CT molecular complexity index is 1130. The van der Waals surface area contributed by atoms with Crippen LogP contribution in [0.2, 0.25) is 0 Å². The maximum atomic E-state index is 12.4. The highest BCUT2D eigenvalue weighted by Gasteiger charge is 2.43. The Hall–Kier alpha value is -3.19. The van der Waals surface area contributed by atoms with Crippen LogP contribution in [0.3, 0.4) is 0 Å². The second-order valence-electron chi connectivity index (χ2n) is 9.01. The Labute approximate surface area is 187 Å². The minimum absolute atomic E-state index is 0.00339. The number of hydrogen-bond acceptors (Lipinski definition) is 5. The van der Waals surface area contributed by atoms with Crippen LogP contribution in [0.1, 0.15) is 47.3 Å². The molecule has 1 N–H and O–H groups in total. The summed E-state index contributed by atoms with van der Waals surface area (Å²) in [4.78, 5) is 19.2. The van der Waals surface area contributed by atoms with Crippen LogP contribution in [0, 0.1) is 0 Å². The normalized spacial score (nSPS) is 19.6. The monoisotopic (exact) mass is 429 g/mol. The van der Waals surface area contributed by atoms with Gasteiger partial charge in [-0.2, -0.15) is 5.10 Å². The summed E-state index contributed by atoms with van der Waals surface area (Å²) in [7, 11) is 0. The number of nitrogens with zero attached hydrogens (tertiary/aromatic N) is 4. The molecule has 1 spiro atoms. The quantitative estimate of drug-likeness (QED) is 0.690. The number of aromatic nitrogens is 3. The summed E-state index contributed by atoms with van der Waals surface area (Å²) < 4.78 is 8.38. The summed E-state index contributed by atoms with van der Waals surface area (Å²) in [5.74, 6) is 0.852. The summed E-state index contributed by atoms with van der Waals surface area (Å²) >= 11 is 0. The number of nitrogens with one attached hydrogen (secondary N) is 1. The van der Waals surface area contributed by atoms with Crippen molar-refractivity contribution in [1.29, 1.82) is 0 Å². The molecule has 1 amide bonds. The molecule has 4 heterocycles. The van der Waals surface area contributed by atoms with Crippen molar-refractivity contribution in [1.82, 2.24) is 20.1 Å². The fraction of sp³-hybridized carbons (Fsp3) is 0.400. The first-order valence-corrected chi connectivity index (χ1v) is 11.5. The number of carbonyl (C=O) groups is 1. The van der Waals surface area contributed by atoms with Crippen LogP contribution in [0.25, 0.3) is 5.69 Å². The maximum absolute atomic E-state index is 12.4. The van der Waals surface area contributed by atoms with E-state index in [1.54, 1.807) is 12.3 Å². The molecule has 2 aliphatic heterocycles. The molecule has 0 unspecified atom stereocenters. The summed E-state index contributed by atoms with van der Waals surface area (Å²) in [5.41, 5.74) is 3.77. The molecule has 0 radical (unpaired) electrons. The number of carbonyl (C=O) groups excluding carboxylic acids is 1. The van der Waals surface area contributed by atoms with Crippen molar-refractivity contribution in [3.8, 4) is 5.69 Å². The van der Waals surface area contributed by atoms with E-state index in [2.05, 4.69) is 33.5 Å². The lowest BCUT2D eigenvalue weighted by molar-refractivity contribution is -0.0797. The van der Waals surface area contributed by atoms with Gasteiger partial charge in [-0.05, 0) is 61.9 Å². The zero-order chi connectivity index (χ0) is 21.5. The highest BCUT2D eigenvalue weighted by Crippen LogP contribution is 2.41. The molecular weight excluding hydrogens is 402 g/mol. The van der Waals surface area contributed by atoms with Crippen molar-refractivity contribution in [2.24, 2.45) is 0 Å². The van der Waals surface area contributed by atoms with Gasteiger partial charge in [-0.25, -0.2) is 9.67 Å². The van der Waals surface area contributed by atoms with Crippen molar-refractivity contribution in [2.75, 3.05) is 24.6 Å². The molecule has 1 aromatic carbocycles. The predicted octanol–water partition coefficient (Wildman–Crippen LogP) is 3.23. The van der Waals surface area contributed by atoms with Crippen molar-refractivity contribution >= 4 is 11.7 Å². The molecule has 3 aliphatic rings. The number of hydrogen-bond donors (Lipinski definition) is 1. The van der Waals surface area contributed by atoms with Gasteiger partial charge in [0.25, 0.3) is 5.91 Å². The standard InChI is InChI=1S/C25H27N5O2/c31-24(27-20-6-7-20)18-8-12-26-22(16-18)29-13-10-25(11-14-29)23-19(9-15-32-25)17-30(28-23)21-4-2-1-3-5-21/h1-5,8,12,16-17,20H,6-7,9-11,13-15H2,(H,27,31). The second-order valence-corrected chi connectivity index (χ2v) is 9.01. The Morgan fingerprint density at radius 1 is 1.12 bits per heavy atom. The number of anilines is 1. The largest absolute Gasteiger partial charge is 0.368 e. The molecular formula is C25H27N5O2. The molecule has 164 valence electrons. The van der Waals surface area contributed by atoms with Crippen molar-refractivity contribution < 1.29 is 9.53 Å². The minimum atomic E-state index is -0.342. The third kappa shape index (κ3) is 3.56. The highest BCUT2D eigenvalue weighted by atomic mass is 16.5. The van der Waals surface area contributed by atoms with Gasteiger partial charge in [0, 0.05) is 37.1 Å². The van der Waals surface area contributed by atoms with E-state index in [0.29, 0.717) is 11.6 Å². The van der Waals surface area contributed by atoms with Crippen molar-refractivity contribution in [2.45, 2.75) is 43.7 Å². The lowest BCUT2D eigenvalue weighted by Crippen LogP contribution is -2.47. The van der Waals surface area contributed by atoms with E-state index in [9.17, 15) is 4.79 Å². The zero-order valence-electron chi connectivity index (χ0n) is 18.0. The first kappa shape index (κ1) is 19.5. The van der Waals surface area contributed by atoms with Crippen LogP contribution in [0.4, 0.5) is 5.82 Å². The molecule has 6 rings (SSSR count). The SMILES string of the molecule is O=C(NC1CC1)c1ccnc(N2CCC3(CC2)OCCc2cn(-c4ccccc4)nc23)c1. The number of piperidine rings is 1. The van der Waals surface area contributed by atoms with E-state index < -0.39 is 0 Å². The number of para-hydroxylation sites is 1. The third-order valence-electron chi connectivity index (χ3n) is 6.81. The van der Waals surface area contributed by atoms with Crippen LogP contribution in [-0.4, -0.2) is 46.4 Å². The van der Waals surface area contributed by atoms with Gasteiger partial charge in [0.2, 0.25) is 0 Å². The zero-order valence-corrected chi connectivity index (χ0v) is 18.0. The molecule has 1 aliphatic carbocycles. The summed E-state index contributed by atoms with van der Waals surface area (Å²) in [6.07, 6.45) is 8.66. The van der Waals surface area contributed by atoms with Gasteiger partial charge in [-0.3, -0.25) is 4.79 Å². The summed E-state index contributed by atoms with van der Waals surface area (Å²) in [6, 6.07) is 14.3. The molecule has 0 bridgehead atoms. The van der Waals surface area contributed by atoms with Gasteiger partial charge in [0.15, 0.2) is 0 Å². The topological polar surface area (TPSA) is 72.3 Å². The van der Waals surface area contributed by atoms with Gasteiger partial charge in [-0.15, -0.1) is 0 Å². The van der Waals surface area contributed by atoms with Crippen LogP contribution < -0.4 is 10.2 Å². The molecule has 0 atom stereocenters. The van der Waals surface area contributed by atoms with Crippen LogP contribution in [0.5, 0.6) is 0 Å². The number of ether oxygens (including phenoxy) is 1. The molecule has 7 heteroatoms. The molecule has 32 heavy (non-hydrogen) atoms. The highest BCUT2D eigenvalue weighted by molar-refractivity contribution is 5.95. The lowest BCUT2D eigenvalue weighted by atomic mass is 9.84. The van der Waals surface area contributed by atoms with Crippen LogP contribution in [-0.2, 0) is 16.8 Å². The van der Waals surface area contributed by atoms with Crippen molar-refractivity contribution in [3.05, 3.63) is 71.7 Å². The van der Waals surface area contributed by atoms with Gasteiger partial charge >= 0.3 is 0 Å². The smallest absolute Gasteiger partial charge is 0.251 e. The second kappa shape index (κ2) is 7.74. The first-order chi connectivity index (χ1) is 15.7. The van der Waals surface area contributed by atoms with E-state index >= 15 is 0 Å². The van der Waals surface area contributed by atoms with Gasteiger partial charge in [0.1, 0.15) is 11.4 Å². The Morgan fingerprint density at radius 2 is 1.94 bits per heavy atom. The number of rotatable bonds is 4. The number of benzene rings is 1. The van der Waals surface area contributed by atoms with Gasteiger partial charge in [-0.1, -0.05) is 18.2 Å². The van der Waals surface area contributed by atoms with E-state index in [-0.39, 0.29) is 11.5 Å². The van der Waals surface area contributed by atoms with E-state index in [4.69, 9.17) is 9.84 Å². The van der Waals surface area contributed by atoms with Crippen LogP contribution in [0.15, 0.2) is 54.9 Å². The minimum Gasteiger partial charge on any atom is -0.368 e. The molecule has 7 nitrogen and oxygen atoms in total. The Balaban J connectivity index is 1.20.